The highest BCUT2D eigenvalue weighted by molar-refractivity contribution is 5.96. The molecule has 4 heteroatoms. The minimum Gasteiger partial charge on any atom is -0.492 e. The molecule has 0 amide bonds. The zero-order valence-electron chi connectivity index (χ0n) is 15.0. The molecule has 0 radical (unpaired) electrons. The molecule has 2 rings (SSSR count). The summed E-state index contributed by atoms with van der Waals surface area (Å²) in [5, 5.41) is 9.12. The quantitative estimate of drug-likeness (QED) is 0.687. The van der Waals surface area contributed by atoms with Gasteiger partial charge in [-0.1, -0.05) is 29.8 Å². The predicted molar refractivity (Wildman–Crippen MR) is 100 cm³/mol. The number of Topliss-reactive ketones (excluding diaryl/α,β-unsaturated/α-hetero) is 1. The van der Waals surface area contributed by atoms with Crippen molar-refractivity contribution in [3.8, 4) is 5.75 Å². The third kappa shape index (κ3) is 6.33. The summed E-state index contributed by atoms with van der Waals surface area (Å²) in [4.78, 5) is 12.3. The standard InChI is InChI=1S/C21H27NO3/c1-16-6-8-17(9-7-16)4-3-5-20(24)18-10-12-19(13-11-18)25-15-21(2,22)14-23/h6-13,23H,3-5,14-15,22H2,1-2H3/t21-/m0/s1. The third-order valence-electron chi connectivity index (χ3n) is 4.10. The van der Waals surface area contributed by atoms with Crippen LogP contribution in [0.1, 0.15) is 41.3 Å². The highest BCUT2D eigenvalue weighted by Gasteiger charge is 2.18. The molecule has 1 atom stereocenters. The number of aliphatic hydroxyl groups is 1. The minimum atomic E-state index is -0.773. The number of hydrogen-bond acceptors (Lipinski definition) is 4. The van der Waals surface area contributed by atoms with E-state index >= 15 is 0 Å². The molecule has 25 heavy (non-hydrogen) atoms. The van der Waals surface area contributed by atoms with Crippen LogP contribution in [0, 0.1) is 6.92 Å². The average molecular weight is 341 g/mol. The summed E-state index contributed by atoms with van der Waals surface area (Å²) >= 11 is 0. The Morgan fingerprint density at radius 1 is 1.12 bits per heavy atom. The second-order valence-electron chi connectivity index (χ2n) is 6.89. The van der Waals surface area contributed by atoms with Gasteiger partial charge in [-0.05, 0) is 56.5 Å². The second kappa shape index (κ2) is 8.79. The van der Waals surface area contributed by atoms with E-state index in [1.165, 1.54) is 11.1 Å². The lowest BCUT2D eigenvalue weighted by molar-refractivity contribution is 0.0980. The summed E-state index contributed by atoms with van der Waals surface area (Å²) in [5.74, 6) is 0.777. The number of ketones is 1. The summed E-state index contributed by atoms with van der Waals surface area (Å²) in [7, 11) is 0. The molecule has 0 saturated heterocycles. The van der Waals surface area contributed by atoms with Gasteiger partial charge in [0, 0.05) is 12.0 Å². The van der Waals surface area contributed by atoms with E-state index in [0.29, 0.717) is 17.7 Å². The Bertz CT molecular complexity index is 675. The number of carbonyl (C=O) groups is 1. The smallest absolute Gasteiger partial charge is 0.162 e. The van der Waals surface area contributed by atoms with Crippen molar-refractivity contribution in [2.75, 3.05) is 13.2 Å². The van der Waals surface area contributed by atoms with Gasteiger partial charge in [0.25, 0.3) is 0 Å². The normalized spacial score (nSPS) is 13.3. The largest absolute Gasteiger partial charge is 0.492 e. The molecule has 0 saturated carbocycles. The maximum absolute atomic E-state index is 12.3. The van der Waals surface area contributed by atoms with Crippen molar-refractivity contribution in [3.63, 3.8) is 0 Å². The first kappa shape index (κ1) is 19.2. The first-order chi connectivity index (χ1) is 11.9. The van der Waals surface area contributed by atoms with E-state index in [-0.39, 0.29) is 19.0 Å². The van der Waals surface area contributed by atoms with Crippen LogP contribution in [0.5, 0.6) is 5.75 Å². The van der Waals surface area contributed by atoms with Gasteiger partial charge in [-0.15, -0.1) is 0 Å². The van der Waals surface area contributed by atoms with E-state index in [0.717, 1.165) is 12.8 Å². The van der Waals surface area contributed by atoms with Gasteiger partial charge < -0.3 is 15.6 Å². The number of aryl methyl sites for hydroxylation is 2. The maximum Gasteiger partial charge on any atom is 0.162 e. The van der Waals surface area contributed by atoms with Gasteiger partial charge in [0.05, 0.1) is 12.1 Å². The molecule has 0 fully saturated rings. The molecular formula is C21H27NO3. The number of rotatable bonds is 9. The van der Waals surface area contributed by atoms with Gasteiger partial charge in [0.1, 0.15) is 12.4 Å². The first-order valence-corrected chi connectivity index (χ1v) is 8.61. The summed E-state index contributed by atoms with van der Waals surface area (Å²) in [5.41, 5.74) is 8.25. The molecule has 0 aliphatic carbocycles. The van der Waals surface area contributed by atoms with Crippen molar-refractivity contribution in [1.29, 1.82) is 0 Å². The van der Waals surface area contributed by atoms with Crippen LogP contribution in [0.3, 0.4) is 0 Å². The van der Waals surface area contributed by atoms with Crippen molar-refractivity contribution in [2.24, 2.45) is 5.73 Å². The number of aliphatic hydroxyl groups excluding tert-OH is 1. The number of ether oxygens (including phenoxy) is 1. The summed E-state index contributed by atoms with van der Waals surface area (Å²) in [6, 6.07) is 15.5. The Kier molecular flexibility index (Phi) is 6.73. The molecule has 0 aliphatic heterocycles. The van der Waals surface area contributed by atoms with Gasteiger partial charge in [0.15, 0.2) is 5.78 Å². The molecule has 0 heterocycles. The predicted octanol–water partition coefficient (Wildman–Crippen LogP) is 3.29. The lowest BCUT2D eigenvalue weighted by Crippen LogP contribution is -2.45. The lowest BCUT2D eigenvalue weighted by Gasteiger charge is -2.21. The van der Waals surface area contributed by atoms with E-state index in [1.54, 1.807) is 31.2 Å². The van der Waals surface area contributed by atoms with E-state index in [2.05, 4.69) is 31.2 Å². The molecule has 2 aromatic carbocycles. The number of hydrogen-bond donors (Lipinski definition) is 2. The summed E-state index contributed by atoms with van der Waals surface area (Å²) in [6.45, 7) is 3.86. The molecular weight excluding hydrogens is 314 g/mol. The summed E-state index contributed by atoms with van der Waals surface area (Å²) in [6.07, 6.45) is 2.27. The van der Waals surface area contributed by atoms with Crippen LogP contribution >= 0.6 is 0 Å². The maximum atomic E-state index is 12.3. The van der Waals surface area contributed by atoms with E-state index in [4.69, 9.17) is 15.6 Å². The summed E-state index contributed by atoms with van der Waals surface area (Å²) < 4.78 is 5.55. The first-order valence-electron chi connectivity index (χ1n) is 8.61. The Morgan fingerprint density at radius 2 is 1.76 bits per heavy atom. The van der Waals surface area contributed by atoms with Crippen molar-refractivity contribution >= 4 is 5.78 Å². The molecule has 0 aromatic heterocycles. The van der Waals surface area contributed by atoms with Crippen LogP contribution in [-0.4, -0.2) is 29.6 Å². The Labute approximate surface area is 149 Å². The van der Waals surface area contributed by atoms with Crippen LogP contribution in [0.15, 0.2) is 48.5 Å². The number of benzene rings is 2. The molecule has 134 valence electrons. The number of carbonyl (C=O) groups excluding carboxylic acids is 1. The van der Waals surface area contributed by atoms with E-state index < -0.39 is 5.54 Å². The molecule has 0 aliphatic rings. The van der Waals surface area contributed by atoms with Crippen molar-refractivity contribution in [1.82, 2.24) is 0 Å². The van der Waals surface area contributed by atoms with Crippen LogP contribution in [0.4, 0.5) is 0 Å². The Balaban J connectivity index is 1.80. The number of nitrogens with two attached hydrogens (primary N) is 1. The van der Waals surface area contributed by atoms with E-state index in [1.807, 2.05) is 0 Å². The fourth-order valence-corrected chi connectivity index (χ4v) is 2.38. The molecule has 0 spiro atoms. The fraction of sp³-hybridized carbons (Fsp3) is 0.381. The van der Waals surface area contributed by atoms with Gasteiger partial charge in [-0.25, -0.2) is 0 Å². The van der Waals surface area contributed by atoms with Gasteiger partial charge in [-0.2, -0.15) is 0 Å². The zero-order valence-corrected chi connectivity index (χ0v) is 15.0. The highest BCUT2D eigenvalue weighted by atomic mass is 16.5. The second-order valence-corrected chi connectivity index (χ2v) is 6.89. The average Bonchev–Trinajstić information content (AvgIpc) is 2.62. The molecule has 4 nitrogen and oxygen atoms in total. The van der Waals surface area contributed by atoms with Gasteiger partial charge in [0.2, 0.25) is 0 Å². The SMILES string of the molecule is Cc1ccc(CCCC(=O)c2ccc(OC[C@@](C)(N)CO)cc2)cc1. The Morgan fingerprint density at radius 3 is 2.36 bits per heavy atom. The van der Waals surface area contributed by atoms with Gasteiger partial charge >= 0.3 is 0 Å². The minimum absolute atomic E-state index is 0.137. The van der Waals surface area contributed by atoms with Crippen LogP contribution in [-0.2, 0) is 6.42 Å². The molecule has 0 unspecified atom stereocenters. The van der Waals surface area contributed by atoms with Crippen LogP contribution < -0.4 is 10.5 Å². The van der Waals surface area contributed by atoms with Crippen molar-refractivity contribution < 1.29 is 14.6 Å². The lowest BCUT2D eigenvalue weighted by atomic mass is 10.0. The van der Waals surface area contributed by atoms with Gasteiger partial charge in [-0.3, -0.25) is 4.79 Å². The van der Waals surface area contributed by atoms with Crippen LogP contribution in [0.25, 0.3) is 0 Å². The molecule has 2 aromatic rings. The van der Waals surface area contributed by atoms with E-state index in [9.17, 15) is 4.79 Å². The van der Waals surface area contributed by atoms with Crippen molar-refractivity contribution in [2.45, 2.75) is 38.6 Å². The highest BCUT2D eigenvalue weighted by Crippen LogP contribution is 2.16. The van der Waals surface area contributed by atoms with Crippen molar-refractivity contribution in [3.05, 3.63) is 65.2 Å². The molecule has 3 N–H and O–H groups in total. The monoisotopic (exact) mass is 341 g/mol. The Hall–Kier alpha value is -2.17. The third-order valence-corrected chi connectivity index (χ3v) is 4.10. The molecule has 0 bridgehead atoms. The fourth-order valence-electron chi connectivity index (χ4n) is 2.38. The van der Waals surface area contributed by atoms with Crippen LogP contribution in [0.2, 0.25) is 0 Å². The zero-order chi connectivity index (χ0) is 18.3. The topological polar surface area (TPSA) is 72.5 Å².